The van der Waals surface area contributed by atoms with Crippen LogP contribution in [0.2, 0.25) is 0 Å². The lowest BCUT2D eigenvalue weighted by atomic mass is 9.95. The monoisotopic (exact) mass is 252 g/mol. The van der Waals surface area contributed by atoms with E-state index < -0.39 is 0 Å². The van der Waals surface area contributed by atoms with Gasteiger partial charge in [-0.2, -0.15) is 0 Å². The number of aliphatic hydroxyl groups is 1. The highest BCUT2D eigenvalue weighted by Gasteiger charge is 2.26. The molecule has 0 bridgehead atoms. The van der Waals surface area contributed by atoms with Crippen LogP contribution in [0.25, 0.3) is 0 Å². The van der Waals surface area contributed by atoms with Crippen molar-refractivity contribution in [3.8, 4) is 0 Å². The summed E-state index contributed by atoms with van der Waals surface area (Å²) in [6.45, 7) is 4.08. The molecule has 1 fully saturated rings. The van der Waals surface area contributed by atoms with Crippen molar-refractivity contribution in [1.82, 2.24) is 5.32 Å². The largest absolute Gasteiger partial charge is 0.393 e. The summed E-state index contributed by atoms with van der Waals surface area (Å²) in [6.07, 6.45) is 0.440. The van der Waals surface area contributed by atoms with E-state index in [4.69, 9.17) is 0 Å². The molecule has 0 aliphatic carbocycles. The molecule has 0 radical (unpaired) electrons. The SMILES string of the molecule is CNCc1cccc(F)c1N1CCC(O)C(C)C1. The van der Waals surface area contributed by atoms with Crippen molar-refractivity contribution in [2.75, 3.05) is 25.0 Å². The minimum atomic E-state index is -0.263. The zero-order chi connectivity index (χ0) is 13.1. The molecule has 0 aromatic heterocycles. The highest BCUT2D eigenvalue weighted by molar-refractivity contribution is 5.55. The first kappa shape index (κ1) is 13.3. The van der Waals surface area contributed by atoms with Gasteiger partial charge in [0.15, 0.2) is 0 Å². The first-order chi connectivity index (χ1) is 8.63. The Morgan fingerprint density at radius 3 is 2.94 bits per heavy atom. The standard InChI is InChI=1S/C14H21FN2O/c1-10-9-17(7-6-13(10)18)14-11(8-16-2)4-3-5-12(14)15/h3-5,10,13,16,18H,6-9H2,1-2H3. The van der Waals surface area contributed by atoms with Gasteiger partial charge in [0, 0.05) is 19.6 Å². The highest BCUT2D eigenvalue weighted by Crippen LogP contribution is 2.29. The maximum absolute atomic E-state index is 14.1. The smallest absolute Gasteiger partial charge is 0.146 e. The van der Waals surface area contributed by atoms with E-state index in [9.17, 15) is 9.50 Å². The van der Waals surface area contributed by atoms with Crippen molar-refractivity contribution in [2.45, 2.75) is 26.0 Å². The lowest BCUT2D eigenvalue weighted by Crippen LogP contribution is -2.42. The molecule has 2 atom stereocenters. The van der Waals surface area contributed by atoms with Crippen molar-refractivity contribution in [3.05, 3.63) is 29.6 Å². The second kappa shape index (κ2) is 5.67. The molecule has 0 saturated carbocycles. The van der Waals surface area contributed by atoms with Gasteiger partial charge in [0.25, 0.3) is 0 Å². The minimum Gasteiger partial charge on any atom is -0.393 e. The van der Waals surface area contributed by atoms with Crippen LogP contribution in [0, 0.1) is 11.7 Å². The number of para-hydroxylation sites is 1. The van der Waals surface area contributed by atoms with Crippen LogP contribution in [-0.4, -0.2) is 31.3 Å². The van der Waals surface area contributed by atoms with Crippen molar-refractivity contribution in [3.63, 3.8) is 0 Å². The number of aliphatic hydroxyl groups excluding tert-OH is 1. The fraction of sp³-hybridized carbons (Fsp3) is 0.571. The number of hydrogen-bond acceptors (Lipinski definition) is 3. The van der Waals surface area contributed by atoms with E-state index in [1.54, 1.807) is 6.07 Å². The number of benzene rings is 1. The van der Waals surface area contributed by atoms with Gasteiger partial charge in [-0.3, -0.25) is 0 Å². The fourth-order valence-electron chi connectivity index (χ4n) is 2.58. The molecular formula is C14H21FN2O. The third-order valence-corrected chi connectivity index (χ3v) is 3.61. The Morgan fingerprint density at radius 1 is 1.50 bits per heavy atom. The van der Waals surface area contributed by atoms with Gasteiger partial charge in [0.05, 0.1) is 11.8 Å². The molecule has 4 heteroatoms. The van der Waals surface area contributed by atoms with Gasteiger partial charge in [-0.15, -0.1) is 0 Å². The molecule has 2 unspecified atom stereocenters. The van der Waals surface area contributed by atoms with E-state index in [0.29, 0.717) is 31.7 Å². The number of anilines is 1. The number of nitrogens with zero attached hydrogens (tertiary/aromatic N) is 1. The molecule has 1 aromatic rings. The summed E-state index contributed by atoms with van der Waals surface area (Å²) < 4.78 is 14.1. The third-order valence-electron chi connectivity index (χ3n) is 3.61. The van der Waals surface area contributed by atoms with E-state index in [1.165, 1.54) is 6.07 Å². The zero-order valence-electron chi connectivity index (χ0n) is 11.0. The fourth-order valence-corrected chi connectivity index (χ4v) is 2.58. The summed E-state index contributed by atoms with van der Waals surface area (Å²) >= 11 is 0. The minimum absolute atomic E-state index is 0.175. The van der Waals surface area contributed by atoms with Crippen LogP contribution in [0.1, 0.15) is 18.9 Å². The molecule has 18 heavy (non-hydrogen) atoms. The average molecular weight is 252 g/mol. The predicted octanol–water partition coefficient (Wildman–Crippen LogP) is 1.75. The van der Waals surface area contributed by atoms with Crippen LogP contribution < -0.4 is 10.2 Å². The van der Waals surface area contributed by atoms with Crippen LogP contribution in [0.4, 0.5) is 10.1 Å². The first-order valence-corrected chi connectivity index (χ1v) is 6.48. The quantitative estimate of drug-likeness (QED) is 0.860. The molecule has 0 amide bonds. The number of rotatable bonds is 3. The summed E-state index contributed by atoms with van der Waals surface area (Å²) in [5.74, 6) is 0.00660. The van der Waals surface area contributed by atoms with Crippen molar-refractivity contribution in [2.24, 2.45) is 5.92 Å². The molecule has 100 valence electrons. The lowest BCUT2D eigenvalue weighted by molar-refractivity contribution is 0.0968. The summed E-state index contributed by atoms with van der Waals surface area (Å²) in [7, 11) is 1.86. The highest BCUT2D eigenvalue weighted by atomic mass is 19.1. The average Bonchev–Trinajstić information content (AvgIpc) is 2.34. The van der Waals surface area contributed by atoms with E-state index in [-0.39, 0.29) is 17.8 Å². The van der Waals surface area contributed by atoms with E-state index in [1.807, 2.05) is 20.0 Å². The number of piperidine rings is 1. The molecule has 2 N–H and O–H groups in total. The molecule has 1 heterocycles. The molecular weight excluding hydrogens is 231 g/mol. The summed E-state index contributed by atoms with van der Waals surface area (Å²) in [5, 5.41) is 12.8. The second-order valence-corrected chi connectivity index (χ2v) is 5.06. The maximum Gasteiger partial charge on any atom is 0.146 e. The van der Waals surface area contributed by atoms with Gasteiger partial charge in [0.2, 0.25) is 0 Å². The maximum atomic E-state index is 14.1. The number of hydrogen-bond donors (Lipinski definition) is 2. The van der Waals surface area contributed by atoms with Gasteiger partial charge in [-0.05, 0) is 31.0 Å². The Kier molecular flexibility index (Phi) is 4.19. The zero-order valence-corrected chi connectivity index (χ0v) is 11.0. The summed E-state index contributed by atoms with van der Waals surface area (Å²) in [4.78, 5) is 2.05. The Hall–Kier alpha value is -1.13. The molecule has 1 aromatic carbocycles. The van der Waals surface area contributed by atoms with Crippen LogP contribution in [0.3, 0.4) is 0 Å². The van der Waals surface area contributed by atoms with Gasteiger partial charge in [-0.1, -0.05) is 19.1 Å². The number of halogens is 1. The van der Waals surface area contributed by atoms with Gasteiger partial charge in [-0.25, -0.2) is 4.39 Å². The number of nitrogens with one attached hydrogen (secondary N) is 1. The Balaban J connectivity index is 2.26. The predicted molar refractivity (Wildman–Crippen MR) is 71.2 cm³/mol. The van der Waals surface area contributed by atoms with Crippen molar-refractivity contribution >= 4 is 5.69 Å². The van der Waals surface area contributed by atoms with E-state index in [2.05, 4.69) is 10.2 Å². The van der Waals surface area contributed by atoms with Crippen LogP contribution >= 0.6 is 0 Å². The van der Waals surface area contributed by atoms with Crippen molar-refractivity contribution in [1.29, 1.82) is 0 Å². The van der Waals surface area contributed by atoms with Crippen molar-refractivity contribution < 1.29 is 9.50 Å². The third kappa shape index (κ3) is 2.65. The van der Waals surface area contributed by atoms with Crippen LogP contribution in [-0.2, 0) is 6.54 Å². The summed E-state index contributed by atoms with van der Waals surface area (Å²) in [6, 6.07) is 5.20. The summed E-state index contributed by atoms with van der Waals surface area (Å²) in [5.41, 5.74) is 1.66. The molecule has 1 saturated heterocycles. The van der Waals surface area contributed by atoms with Gasteiger partial charge >= 0.3 is 0 Å². The van der Waals surface area contributed by atoms with Crippen LogP contribution in [0.15, 0.2) is 18.2 Å². The second-order valence-electron chi connectivity index (χ2n) is 5.06. The lowest BCUT2D eigenvalue weighted by Gasteiger charge is -2.37. The molecule has 3 nitrogen and oxygen atoms in total. The molecule has 1 aliphatic heterocycles. The Bertz CT molecular complexity index is 411. The van der Waals surface area contributed by atoms with E-state index in [0.717, 1.165) is 5.56 Å². The Morgan fingerprint density at radius 2 is 2.28 bits per heavy atom. The first-order valence-electron chi connectivity index (χ1n) is 6.48. The molecule has 0 spiro atoms. The topological polar surface area (TPSA) is 35.5 Å². The van der Waals surface area contributed by atoms with Gasteiger partial charge in [0.1, 0.15) is 5.82 Å². The van der Waals surface area contributed by atoms with Crippen LogP contribution in [0.5, 0.6) is 0 Å². The van der Waals surface area contributed by atoms with Gasteiger partial charge < -0.3 is 15.3 Å². The Labute approximate surface area is 108 Å². The molecule has 2 rings (SSSR count). The normalized spacial score (nSPS) is 24.3. The molecule has 1 aliphatic rings. The van der Waals surface area contributed by atoms with E-state index >= 15 is 0 Å².